The lowest BCUT2D eigenvalue weighted by Gasteiger charge is -2.29. The highest BCUT2D eigenvalue weighted by molar-refractivity contribution is 5.97. The van der Waals surface area contributed by atoms with Crippen LogP contribution in [-0.2, 0) is 11.2 Å². The molecule has 1 saturated carbocycles. The van der Waals surface area contributed by atoms with Crippen LogP contribution in [-0.4, -0.2) is 23.5 Å². The molecule has 1 aliphatic rings. The molecule has 4 rings (SSSR count). The van der Waals surface area contributed by atoms with Crippen molar-refractivity contribution in [1.29, 1.82) is 0 Å². The van der Waals surface area contributed by atoms with Gasteiger partial charge in [-0.05, 0) is 59.7 Å². The van der Waals surface area contributed by atoms with E-state index in [0.29, 0.717) is 12.5 Å². The Bertz CT molecular complexity index is 1070. The van der Waals surface area contributed by atoms with Gasteiger partial charge in [0.05, 0.1) is 0 Å². The molecule has 1 heterocycles. The fourth-order valence-electron chi connectivity index (χ4n) is 4.59. The molecule has 1 aliphatic carbocycles. The van der Waals surface area contributed by atoms with Gasteiger partial charge in [-0.2, -0.15) is 0 Å². The van der Waals surface area contributed by atoms with Crippen LogP contribution in [0, 0.1) is 11.8 Å². The molecule has 2 N–H and O–H groups in total. The third-order valence-electron chi connectivity index (χ3n) is 7.21. The molecule has 0 bridgehead atoms. The van der Waals surface area contributed by atoms with Crippen LogP contribution in [0.15, 0.2) is 72.9 Å². The molecule has 0 radical (unpaired) electrons. The summed E-state index contributed by atoms with van der Waals surface area (Å²) in [5.74, 6) is 0.690. The minimum absolute atomic E-state index is 0. The number of amides is 1. The summed E-state index contributed by atoms with van der Waals surface area (Å²) in [7, 11) is 0. The molecule has 0 unspecified atom stereocenters. The number of nitrogens with two attached hydrogens (primary N) is 1. The van der Waals surface area contributed by atoms with E-state index >= 15 is 0 Å². The van der Waals surface area contributed by atoms with Crippen molar-refractivity contribution in [3.8, 4) is 11.1 Å². The summed E-state index contributed by atoms with van der Waals surface area (Å²) in [5.41, 5.74) is 12.2. The molecule has 4 nitrogen and oxygen atoms in total. The van der Waals surface area contributed by atoms with E-state index in [1.54, 1.807) is 6.20 Å². The van der Waals surface area contributed by atoms with E-state index in [1.165, 1.54) is 11.1 Å². The Hall–Kier alpha value is -2.40. The Morgan fingerprint density at radius 2 is 1.64 bits per heavy atom. The van der Waals surface area contributed by atoms with Crippen LogP contribution >= 0.6 is 24.8 Å². The van der Waals surface area contributed by atoms with E-state index < -0.39 is 0 Å². The number of carbonyl (C=O) groups excluding carboxylic acids is 1. The van der Waals surface area contributed by atoms with Crippen LogP contribution in [0.2, 0.25) is 0 Å². The van der Waals surface area contributed by atoms with Gasteiger partial charge < -0.3 is 10.6 Å². The number of pyridine rings is 1. The van der Waals surface area contributed by atoms with Gasteiger partial charge in [-0.3, -0.25) is 9.78 Å². The van der Waals surface area contributed by atoms with Crippen molar-refractivity contribution in [3.05, 3.63) is 84.2 Å². The quantitative estimate of drug-likeness (QED) is 0.307. The fraction of sp³-hybridized carbons (Fsp3) is 0.400. The van der Waals surface area contributed by atoms with E-state index in [1.807, 2.05) is 23.1 Å². The van der Waals surface area contributed by atoms with Gasteiger partial charge in [0.25, 0.3) is 0 Å². The van der Waals surface area contributed by atoms with E-state index in [2.05, 4.69) is 74.3 Å². The summed E-state index contributed by atoms with van der Waals surface area (Å²) in [5, 5.41) is 0. The molecule has 3 aromatic rings. The first-order chi connectivity index (χ1) is 16.5. The Morgan fingerprint density at radius 3 is 2.19 bits per heavy atom. The van der Waals surface area contributed by atoms with Gasteiger partial charge in [-0.25, -0.2) is 0 Å². The second kappa shape index (κ2) is 13.8. The molecular weight excluding hydrogens is 489 g/mol. The first-order valence-corrected chi connectivity index (χ1v) is 12.7. The summed E-state index contributed by atoms with van der Waals surface area (Å²) in [6, 6.07) is 23.0. The molecule has 0 saturated heterocycles. The van der Waals surface area contributed by atoms with Crippen molar-refractivity contribution in [2.45, 2.75) is 58.4 Å². The van der Waals surface area contributed by atoms with Gasteiger partial charge in [0.2, 0.25) is 5.91 Å². The Morgan fingerprint density at radius 1 is 1.00 bits per heavy atom. The fourth-order valence-corrected chi connectivity index (χ4v) is 4.59. The Labute approximate surface area is 228 Å². The number of aryl methyl sites for hydroxylation is 1. The monoisotopic (exact) mass is 527 g/mol. The number of halogens is 2. The average Bonchev–Trinajstić information content (AvgIpc) is 3.69. The zero-order valence-corrected chi connectivity index (χ0v) is 23.1. The van der Waals surface area contributed by atoms with E-state index in [-0.39, 0.29) is 48.6 Å². The van der Waals surface area contributed by atoms with E-state index in [4.69, 9.17) is 5.73 Å². The molecule has 36 heavy (non-hydrogen) atoms. The van der Waals surface area contributed by atoms with Crippen molar-refractivity contribution in [1.82, 2.24) is 4.98 Å². The number of benzene rings is 2. The SMILES string of the molecule is CCCc1ccc(-c2ccc(N(C[C@@H](N)[C@@H](C)CC)C(=O)[C@H]3C[C@H]3c3ccccn3)cc2)cc1.Cl.Cl. The molecule has 2 aromatic carbocycles. The summed E-state index contributed by atoms with van der Waals surface area (Å²) in [6.07, 6.45) is 5.91. The van der Waals surface area contributed by atoms with Gasteiger partial charge >= 0.3 is 0 Å². The maximum atomic E-state index is 13.6. The van der Waals surface area contributed by atoms with Crippen LogP contribution in [0.3, 0.4) is 0 Å². The van der Waals surface area contributed by atoms with Gasteiger partial charge in [0.1, 0.15) is 0 Å². The maximum Gasteiger partial charge on any atom is 0.230 e. The van der Waals surface area contributed by atoms with Crippen LogP contribution in [0.5, 0.6) is 0 Å². The van der Waals surface area contributed by atoms with Crippen molar-refractivity contribution in [2.24, 2.45) is 17.6 Å². The van der Waals surface area contributed by atoms with Crippen molar-refractivity contribution < 1.29 is 4.79 Å². The third kappa shape index (κ3) is 7.09. The van der Waals surface area contributed by atoms with Gasteiger partial charge in [-0.1, -0.05) is 76.1 Å². The first-order valence-electron chi connectivity index (χ1n) is 12.7. The van der Waals surface area contributed by atoms with Crippen LogP contribution in [0.25, 0.3) is 11.1 Å². The molecule has 194 valence electrons. The predicted molar refractivity (Wildman–Crippen MR) is 155 cm³/mol. The van der Waals surface area contributed by atoms with Crippen molar-refractivity contribution in [2.75, 3.05) is 11.4 Å². The molecule has 1 aromatic heterocycles. The highest BCUT2D eigenvalue weighted by atomic mass is 35.5. The molecule has 1 amide bonds. The number of rotatable bonds is 10. The highest BCUT2D eigenvalue weighted by Crippen LogP contribution is 2.48. The number of nitrogens with zero attached hydrogens (tertiary/aromatic N) is 2. The largest absolute Gasteiger partial charge is 0.326 e. The number of aromatic nitrogens is 1. The van der Waals surface area contributed by atoms with Gasteiger partial charge in [0.15, 0.2) is 0 Å². The zero-order valence-electron chi connectivity index (χ0n) is 21.5. The lowest BCUT2D eigenvalue weighted by atomic mass is 9.98. The topological polar surface area (TPSA) is 59.2 Å². The highest BCUT2D eigenvalue weighted by Gasteiger charge is 2.47. The minimum Gasteiger partial charge on any atom is -0.326 e. The van der Waals surface area contributed by atoms with Crippen LogP contribution in [0.4, 0.5) is 5.69 Å². The lowest BCUT2D eigenvalue weighted by molar-refractivity contribution is -0.120. The third-order valence-corrected chi connectivity index (χ3v) is 7.21. The molecular formula is C30H39Cl2N3O. The predicted octanol–water partition coefficient (Wildman–Crippen LogP) is 7.05. The summed E-state index contributed by atoms with van der Waals surface area (Å²) in [4.78, 5) is 20.0. The molecule has 4 atom stereocenters. The van der Waals surface area contributed by atoms with E-state index in [0.717, 1.165) is 42.6 Å². The second-order valence-corrected chi connectivity index (χ2v) is 9.70. The van der Waals surface area contributed by atoms with E-state index in [9.17, 15) is 4.79 Å². The standard InChI is InChI=1S/C30H37N3O.2ClH/c1-4-8-22-10-12-23(13-11-22)24-14-16-25(17-15-24)33(20-28(31)21(3)5-2)30(34)27-19-26(27)29-9-6-7-18-32-29;;/h6-7,9-18,21,26-28H,4-5,8,19-20,31H2,1-3H3;2*1H/t21-,26+,27-,28+;;/m0../s1. The molecule has 6 heteroatoms. The smallest absolute Gasteiger partial charge is 0.230 e. The zero-order chi connectivity index (χ0) is 24.1. The summed E-state index contributed by atoms with van der Waals surface area (Å²) < 4.78 is 0. The van der Waals surface area contributed by atoms with Crippen molar-refractivity contribution >= 4 is 36.4 Å². The molecule has 1 fully saturated rings. The summed E-state index contributed by atoms with van der Waals surface area (Å²) in [6.45, 7) is 7.04. The Balaban J connectivity index is 0.00000228. The number of carbonyl (C=O) groups is 1. The minimum atomic E-state index is -0.0632. The van der Waals surface area contributed by atoms with Gasteiger partial charge in [0, 0.05) is 42.0 Å². The second-order valence-electron chi connectivity index (χ2n) is 9.70. The average molecular weight is 529 g/mol. The maximum absolute atomic E-state index is 13.6. The van der Waals surface area contributed by atoms with Gasteiger partial charge in [-0.15, -0.1) is 24.8 Å². The van der Waals surface area contributed by atoms with Crippen molar-refractivity contribution in [3.63, 3.8) is 0 Å². The Kier molecular flexibility index (Phi) is 11.4. The summed E-state index contributed by atoms with van der Waals surface area (Å²) >= 11 is 0. The molecule has 0 aliphatic heterocycles. The lowest BCUT2D eigenvalue weighted by Crippen LogP contribution is -2.45. The number of anilines is 1. The normalized spacial score (nSPS) is 17.8. The number of hydrogen-bond acceptors (Lipinski definition) is 3. The number of hydrogen-bond donors (Lipinski definition) is 1. The van der Waals surface area contributed by atoms with Crippen LogP contribution < -0.4 is 10.6 Å². The molecule has 0 spiro atoms. The van der Waals surface area contributed by atoms with Crippen LogP contribution in [0.1, 0.15) is 57.2 Å². The first kappa shape index (κ1) is 29.8.